The van der Waals surface area contributed by atoms with Crippen molar-refractivity contribution in [3.63, 3.8) is 0 Å². The Balaban J connectivity index is 2.61. The number of halogens is 1. The van der Waals surface area contributed by atoms with Crippen LogP contribution in [0.15, 0.2) is 0 Å². The third kappa shape index (κ3) is 0.805. The lowest BCUT2D eigenvalue weighted by Gasteiger charge is -1.95. The van der Waals surface area contributed by atoms with Gasteiger partial charge in [0.1, 0.15) is 0 Å². The minimum atomic E-state index is -0.868. The van der Waals surface area contributed by atoms with Gasteiger partial charge in [-0.3, -0.25) is 9.18 Å². The van der Waals surface area contributed by atoms with Gasteiger partial charge in [0.2, 0.25) is 0 Å². The molecule has 1 aliphatic rings. The van der Waals surface area contributed by atoms with Crippen molar-refractivity contribution >= 4 is 5.97 Å². The number of carboxylic acid groups (broad SMARTS) is 1. The van der Waals surface area contributed by atoms with E-state index < -0.39 is 18.6 Å². The van der Waals surface area contributed by atoms with E-state index in [1.165, 1.54) is 0 Å². The summed E-state index contributed by atoms with van der Waals surface area (Å²) in [6, 6.07) is 0. The highest BCUT2D eigenvalue weighted by Gasteiger charge is 2.62. The van der Waals surface area contributed by atoms with Gasteiger partial charge in [-0.05, 0) is 5.41 Å². The number of rotatable bonds is 2. The van der Waals surface area contributed by atoms with Crippen LogP contribution in [0.5, 0.6) is 0 Å². The molecule has 0 spiro atoms. The minimum Gasteiger partial charge on any atom is -0.481 e. The van der Waals surface area contributed by atoms with E-state index >= 15 is 0 Å². The average molecular weight is 146 g/mol. The lowest BCUT2D eigenvalue weighted by molar-refractivity contribution is -0.139. The van der Waals surface area contributed by atoms with Crippen molar-refractivity contribution in [2.75, 3.05) is 6.67 Å². The zero-order chi connectivity index (χ0) is 7.94. The van der Waals surface area contributed by atoms with E-state index in [2.05, 4.69) is 0 Å². The maximum atomic E-state index is 12.0. The van der Waals surface area contributed by atoms with E-state index in [-0.39, 0.29) is 11.3 Å². The summed E-state index contributed by atoms with van der Waals surface area (Å²) in [5, 5.41) is 8.52. The number of alkyl halides is 1. The number of carbonyl (C=O) groups is 1. The first-order valence-corrected chi connectivity index (χ1v) is 3.30. The molecule has 1 N–H and O–H groups in total. The Kier molecular flexibility index (Phi) is 1.46. The van der Waals surface area contributed by atoms with Crippen LogP contribution in [0, 0.1) is 17.3 Å². The predicted octanol–water partition coefficient (Wildman–Crippen LogP) is 1.31. The molecule has 0 aromatic carbocycles. The highest BCUT2D eigenvalue weighted by Crippen LogP contribution is 2.58. The first-order valence-electron chi connectivity index (χ1n) is 3.30. The molecular formula is C7H11FO2. The standard InChI is InChI=1S/C7H11FO2/c1-7(2)4(3-8)5(7)6(9)10/h4-5H,3H2,1-2H3,(H,9,10)/t4-,5+/m1/s1. The number of hydrogen-bond acceptors (Lipinski definition) is 1. The van der Waals surface area contributed by atoms with Crippen LogP contribution in [0.25, 0.3) is 0 Å². The SMILES string of the molecule is CC1(C)[C@H](CF)[C@H]1C(=O)O. The summed E-state index contributed by atoms with van der Waals surface area (Å²) in [6.07, 6.45) is 0. The lowest BCUT2D eigenvalue weighted by atomic mass is 10.1. The molecule has 1 rings (SSSR count). The molecule has 0 unspecified atom stereocenters. The molecule has 2 nitrogen and oxygen atoms in total. The summed E-state index contributed by atoms with van der Waals surface area (Å²) in [5.74, 6) is -1.59. The van der Waals surface area contributed by atoms with Crippen molar-refractivity contribution in [2.45, 2.75) is 13.8 Å². The van der Waals surface area contributed by atoms with E-state index in [1.54, 1.807) is 13.8 Å². The fraction of sp³-hybridized carbons (Fsp3) is 0.857. The fourth-order valence-corrected chi connectivity index (χ4v) is 1.52. The molecule has 58 valence electrons. The van der Waals surface area contributed by atoms with Crippen molar-refractivity contribution in [1.82, 2.24) is 0 Å². The van der Waals surface area contributed by atoms with Gasteiger partial charge in [-0.1, -0.05) is 13.8 Å². The number of hydrogen-bond donors (Lipinski definition) is 1. The molecule has 0 amide bonds. The first kappa shape index (κ1) is 7.51. The molecule has 0 aromatic heterocycles. The van der Waals surface area contributed by atoms with E-state index in [0.29, 0.717) is 0 Å². The molecule has 3 heteroatoms. The maximum Gasteiger partial charge on any atom is 0.307 e. The molecule has 0 radical (unpaired) electrons. The van der Waals surface area contributed by atoms with Crippen molar-refractivity contribution in [3.05, 3.63) is 0 Å². The van der Waals surface area contributed by atoms with Crippen molar-refractivity contribution in [1.29, 1.82) is 0 Å². The summed E-state index contributed by atoms with van der Waals surface area (Å²) < 4.78 is 12.0. The van der Waals surface area contributed by atoms with Gasteiger partial charge in [-0.15, -0.1) is 0 Å². The quantitative estimate of drug-likeness (QED) is 0.637. The van der Waals surface area contributed by atoms with Gasteiger partial charge in [0, 0.05) is 5.92 Å². The molecule has 1 saturated carbocycles. The molecule has 1 aliphatic carbocycles. The van der Waals surface area contributed by atoms with Crippen LogP contribution in [0.2, 0.25) is 0 Å². The van der Waals surface area contributed by atoms with Crippen LogP contribution >= 0.6 is 0 Å². The summed E-state index contributed by atoms with van der Waals surface area (Å²) in [6.45, 7) is 3.07. The van der Waals surface area contributed by atoms with Crippen molar-refractivity contribution in [2.24, 2.45) is 17.3 Å². The number of carboxylic acids is 1. The molecule has 1 fully saturated rings. The maximum absolute atomic E-state index is 12.0. The molecule has 0 heterocycles. The van der Waals surface area contributed by atoms with Gasteiger partial charge in [0.15, 0.2) is 0 Å². The second kappa shape index (κ2) is 1.94. The average Bonchev–Trinajstić information content (AvgIpc) is 2.33. The van der Waals surface area contributed by atoms with Crippen LogP contribution in [0.4, 0.5) is 4.39 Å². The van der Waals surface area contributed by atoms with Crippen molar-refractivity contribution < 1.29 is 14.3 Å². The third-order valence-corrected chi connectivity index (χ3v) is 2.48. The highest BCUT2D eigenvalue weighted by atomic mass is 19.1. The first-order chi connectivity index (χ1) is 4.51. The summed E-state index contributed by atoms with van der Waals surface area (Å²) in [4.78, 5) is 10.4. The lowest BCUT2D eigenvalue weighted by Crippen LogP contribution is -2.03. The van der Waals surface area contributed by atoms with Gasteiger partial charge < -0.3 is 5.11 Å². The Hall–Kier alpha value is -0.600. The Morgan fingerprint density at radius 2 is 2.20 bits per heavy atom. The summed E-state index contributed by atoms with van der Waals surface area (Å²) >= 11 is 0. The minimum absolute atomic E-state index is 0.259. The van der Waals surface area contributed by atoms with E-state index in [1.807, 2.05) is 0 Å². The molecule has 0 aliphatic heterocycles. The molecule has 2 atom stereocenters. The molecule has 0 aromatic rings. The molecule has 0 saturated heterocycles. The van der Waals surface area contributed by atoms with Gasteiger partial charge in [0.25, 0.3) is 0 Å². The summed E-state index contributed by atoms with van der Waals surface area (Å²) in [5.41, 5.74) is -0.319. The zero-order valence-electron chi connectivity index (χ0n) is 6.10. The van der Waals surface area contributed by atoms with E-state index in [4.69, 9.17) is 5.11 Å². The fourth-order valence-electron chi connectivity index (χ4n) is 1.52. The largest absolute Gasteiger partial charge is 0.481 e. The topological polar surface area (TPSA) is 37.3 Å². The van der Waals surface area contributed by atoms with Crippen molar-refractivity contribution in [3.8, 4) is 0 Å². The Morgan fingerprint density at radius 3 is 2.30 bits per heavy atom. The Bertz CT molecular complexity index is 165. The highest BCUT2D eigenvalue weighted by molar-refractivity contribution is 5.75. The summed E-state index contributed by atoms with van der Waals surface area (Å²) in [7, 11) is 0. The van der Waals surface area contributed by atoms with Gasteiger partial charge in [-0.25, -0.2) is 0 Å². The molecule has 0 bridgehead atoms. The zero-order valence-corrected chi connectivity index (χ0v) is 6.10. The van der Waals surface area contributed by atoms with Crippen LogP contribution in [0.3, 0.4) is 0 Å². The second-order valence-electron chi connectivity index (χ2n) is 3.40. The Morgan fingerprint density at radius 1 is 1.70 bits per heavy atom. The predicted molar refractivity (Wildman–Crippen MR) is 34.4 cm³/mol. The smallest absolute Gasteiger partial charge is 0.307 e. The van der Waals surface area contributed by atoms with Crippen LogP contribution < -0.4 is 0 Å². The van der Waals surface area contributed by atoms with Crippen LogP contribution in [-0.4, -0.2) is 17.8 Å². The molecule has 10 heavy (non-hydrogen) atoms. The van der Waals surface area contributed by atoms with E-state index in [0.717, 1.165) is 0 Å². The Labute approximate surface area is 59.0 Å². The third-order valence-electron chi connectivity index (χ3n) is 2.48. The van der Waals surface area contributed by atoms with Gasteiger partial charge >= 0.3 is 5.97 Å². The van der Waals surface area contributed by atoms with Crippen LogP contribution in [0.1, 0.15) is 13.8 Å². The van der Waals surface area contributed by atoms with E-state index in [9.17, 15) is 9.18 Å². The molecular weight excluding hydrogens is 135 g/mol. The monoisotopic (exact) mass is 146 g/mol. The van der Waals surface area contributed by atoms with Crippen LogP contribution in [-0.2, 0) is 4.79 Å². The van der Waals surface area contributed by atoms with Gasteiger partial charge in [-0.2, -0.15) is 0 Å². The number of aliphatic carboxylic acids is 1. The second-order valence-corrected chi connectivity index (χ2v) is 3.40. The normalized spacial score (nSPS) is 35.5. The van der Waals surface area contributed by atoms with Gasteiger partial charge in [0.05, 0.1) is 12.6 Å².